The molecule has 2 aromatic heterocycles. The minimum Gasteiger partial charge on any atom is -0.457 e. The van der Waals surface area contributed by atoms with Gasteiger partial charge >= 0.3 is 0 Å². The Labute approximate surface area is 190 Å². The minimum atomic E-state index is 0.104. The third kappa shape index (κ3) is 4.48. The van der Waals surface area contributed by atoms with Gasteiger partial charge in [-0.2, -0.15) is 0 Å². The maximum Gasteiger partial charge on any atom is 0.264 e. The third-order valence-electron chi connectivity index (χ3n) is 5.35. The van der Waals surface area contributed by atoms with Gasteiger partial charge in [-0.1, -0.05) is 24.3 Å². The molecule has 1 fully saturated rings. The lowest BCUT2D eigenvalue weighted by Crippen LogP contribution is -2.49. The first-order valence-corrected chi connectivity index (χ1v) is 11.4. The summed E-state index contributed by atoms with van der Waals surface area (Å²) in [5, 5.41) is 1.93. The van der Waals surface area contributed by atoms with Crippen molar-refractivity contribution in [2.24, 2.45) is 0 Å². The van der Waals surface area contributed by atoms with E-state index in [1.165, 1.54) is 11.3 Å². The van der Waals surface area contributed by atoms with Gasteiger partial charge in [-0.15, -0.1) is 11.3 Å². The zero-order chi connectivity index (χ0) is 21.8. The second-order valence-corrected chi connectivity index (χ2v) is 8.39. The Morgan fingerprint density at radius 3 is 2.31 bits per heavy atom. The summed E-state index contributed by atoms with van der Waals surface area (Å²) in [5.74, 6) is 2.38. The van der Waals surface area contributed by atoms with Crippen LogP contribution in [-0.2, 0) is 0 Å². The second kappa shape index (κ2) is 9.20. The minimum absolute atomic E-state index is 0.104. The second-order valence-electron chi connectivity index (χ2n) is 7.44. The Bertz CT molecular complexity index is 1170. The van der Waals surface area contributed by atoms with Gasteiger partial charge < -0.3 is 14.5 Å². The topological polar surface area (TPSA) is 58.6 Å². The third-order valence-corrected chi connectivity index (χ3v) is 6.21. The Hall–Kier alpha value is -3.71. The summed E-state index contributed by atoms with van der Waals surface area (Å²) in [6.07, 6.45) is 1.79. The van der Waals surface area contributed by atoms with Crippen molar-refractivity contribution in [3.8, 4) is 22.8 Å². The normalized spacial score (nSPS) is 13.8. The molecule has 2 aromatic carbocycles. The first-order valence-electron chi connectivity index (χ1n) is 10.5. The lowest BCUT2D eigenvalue weighted by atomic mass is 10.1. The first kappa shape index (κ1) is 20.2. The quantitative estimate of drug-likeness (QED) is 0.437. The molecule has 0 spiro atoms. The Morgan fingerprint density at radius 2 is 1.59 bits per heavy atom. The summed E-state index contributed by atoms with van der Waals surface area (Å²) < 4.78 is 5.87. The molecule has 0 unspecified atom stereocenters. The number of carbonyl (C=O) groups is 1. The number of piperazine rings is 1. The highest BCUT2D eigenvalue weighted by molar-refractivity contribution is 7.12. The van der Waals surface area contributed by atoms with E-state index in [1.54, 1.807) is 6.20 Å². The molecule has 0 radical (unpaired) electrons. The van der Waals surface area contributed by atoms with E-state index < -0.39 is 0 Å². The molecule has 1 aliphatic heterocycles. The number of aromatic nitrogens is 2. The summed E-state index contributed by atoms with van der Waals surface area (Å²) in [6.45, 7) is 2.75. The Balaban J connectivity index is 1.24. The molecule has 0 aliphatic carbocycles. The summed E-state index contributed by atoms with van der Waals surface area (Å²) >= 11 is 1.48. The SMILES string of the molecule is O=C(c1cccs1)N1CCN(c2nccc(-c3ccc(Oc4ccccc4)cc3)n2)CC1. The number of nitrogens with zero attached hydrogens (tertiary/aromatic N) is 4. The van der Waals surface area contributed by atoms with Gasteiger partial charge in [-0.25, -0.2) is 9.97 Å². The molecule has 5 rings (SSSR count). The highest BCUT2D eigenvalue weighted by atomic mass is 32.1. The smallest absolute Gasteiger partial charge is 0.264 e. The van der Waals surface area contributed by atoms with Gasteiger partial charge in [0.05, 0.1) is 10.6 Å². The highest BCUT2D eigenvalue weighted by Crippen LogP contribution is 2.26. The van der Waals surface area contributed by atoms with Crippen LogP contribution in [0.5, 0.6) is 11.5 Å². The molecule has 1 amide bonds. The molecule has 7 heteroatoms. The molecule has 0 atom stereocenters. The van der Waals surface area contributed by atoms with Crippen LogP contribution < -0.4 is 9.64 Å². The monoisotopic (exact) mass is 442 g/mol. The van der Waals surface area contributed by atoms with E-state index in [4.69, 9.17) is 9.72 Å². The predicted molar refractivity (Wildman–Crippen MR) is 126 cm³/mol. The number of hydrogen-bond donors (Lipinski definition) is 0. The summed E-state index contributed by atoms with van der Waals surface area (Å²) in [7, 11) is 0. The van der Waals surface area contributed by atoms with Crippen LogP contribution in [0.2, 0.25) is 0 Å². The molecule has 1 saturated heterocycles. The molecular weight excluding hydrogens is 420 g/mol. The maximum absolute atomic E-state index is 12.6. The van der Waals surface area contributed by atoms with Crippen LogP contribution in [-0.4, -0.2) is 47.0 Å². The number of amides is 1. The van der Waals surface area contributed by atoms with Crippen LogP contribution in [0, 0.1) is 0 Å². The van der Waals surface area contributed by atoms with E-state index in [0.29, 0.717) is 32.1 Å². The first-order chi connectivity index (χ1) is 15.8. The van der Waals surface area contributed by atoms with Crippen LogP contribution in [0.15, 0.2) is 84.4 Å². The van der Waals surface area contributed by atoms with Crippen LogP contribution in [0.1, 0.15) is 9.67 Å². The number of ether oxygens (including phenoxy) is 1. The van der Waals surface area contributed by atoms with Crippen molar-refractivity contribution in [2.75, 3.05) is 31.1 Å². The Kier molecular flexibility index (Phi) is 5.81. The van der Waals surface area contributed by atoms with Gasteiger partial charge in [0.25, 0.3) is 5.91 Å². The van der Waals surface area contributed by atoms with E-state index in [-0.39, 0.29) is 5.91 Å². The van der Waals surface area contributed by atoms with Crippen LogP contribution in [0.4, 0.5) is 5.95 Å². The fourth-order valence-corrected chi connectivity index (χ4v) is 4.34. The van der Waals surface area contributed by atoms with Crippen molar-refractivity contribution in [1.29, 1.82) is 0 Å². The molecule has 1 aliphatic rings. The number of para-hydroxylation sites is 1. The number of hydrogen-bond acceptors (Lipinski definition) is 6. The zero-order valence-electron chi connectivity index (χ0n) is 17.4. The van der Waals surface area contributed by atoms with Crippen molar-refractivity contribution in [2.45, 2.75) is 0 Å². The number of carbonyl (C=O) groups excluding carboxylic acids is 1. The molecule has 32 heavy (non-hydrogen) atoms. The number of thiophene rings is 1. The van der Waals surface area contributed by atoms with Crippen molar-refractivity contribution in [1.82, 2.24) is 14.9 Å². The lowest BCUT2D eigenvalue weighted by Gasteiger charge is -2.34. The van der Waals surface area contributed by atoms with Gasteiger partial charge in [0.2, 0.25) is 5.95 Å². The average Bonchev–Trinajstić information content (AvgIpc) is 3.40. The molecule has 0 bridgehead atoms. The van der Waals surface area contributed by atoms with E-state index in [0.717, 1.165) is 27.6 Å². The van der Waals surface area contributed by atoms with Crippen LogP contribution in [0.3, 0.4) is 0 Å². The summed E-state index contributed by atoms with van der Waals surface area (Å²) in [4.78, 5) is 26.6. The highest BCUT2D eigenvalue weighted by Gasteiger charge is 2.24. The lowest BCUT2D eigenvalue weighted by molar-refractivity contribution is 0.0751. The zero-order valence-corrected chi connectivity index (χ0v) is 18.2. The van der Waals surface area contributed by atoms with E-state index in [1.807, 2.05) is 83.1 Å². The van der Waals surface area contributed by atoms with E-state index >= 15 is 0 Å². The largest absolute Gasteiger partial charge is 0.457 e. The molecule has 4 aromatic rings. The molecule has 0 saturated carbocycles. The molecule has 0 N–H and O–H groups in total. The molecule has 160 valence electrons. The summed E-state index contributed by atoms with van der Waals surface area (Å²) in [6, 6.07) is 23.3. The standard InChI is InChI=1S/C25H22N4O2S/c30-24(23-7-4-18-32-23)28-14-16-29(17-15-28)25-26-13-12-22(27-25)19-8-10-21(11-9-19)31-20-5-2-1-3-6-20/h1-13,18H,14-17H2. The molecule has 6 nitrogen and oxygen atoms in total. The van der Waals surface area contributed by atoms with E-state index in [9.17, 15) is 4.79 Å². The van der Waals surface area contributed by atoms with Crippen LogP contribution in [0.25, 0.3) is 11.3 Å². The fourth-order valence-electron chi connectivity index (χ4n) is 3.65. The van der Waals surface area contributed by atoms with Gasteiger partial charge in [0, 0.05) is 37.9 Å². The number of rotatable bonds is 5. The van der Waals surface area contributed by atoms with Gasteiger partial charge in [-0.3, -0.25) is 4.79 Å². The van der Waals surface area contributed by atoms with Crippen molar-refractivity contribution >= 4 is 23.2 Å². The van der Waals surface area contributed by atoms with Gasteiger partial charge in [0.1, 0.15) is 11.5 Å². The predicted octanol–water partition coefficient (Wildman–Crippen LogP) is 4.96. The van der Waals surface area contributed by atoms with Crippen molar-refractivity contribution in [3.05, 3.63) is 89.3 Å². The van der Waals surface area contributed by atoms with Crippen molar-refractivity contribution < 1.29 is 9.53 Å². The maximum atomic E-state index is 12.6. The number of anilines is 1. The van der Waals surface area contributed by atoms with Gasteiger partial charge in [0.15, 0.2) is 0 Å². The Morgan fingerprint density at radius 1 is 0.844 bits per heavy atom. The van der Waals surface area contributed by atoms with Gasteiger partial charge in [-0.05, 0) is 53.9 Å². The average molecular weight is 443 g/mol. The molecular formula is C25H22N4O2S. The van der Waals surface area contributed by atoms with E-state index in [2.05, 4.69) is 9.88 Å². The number of benzene rings is 2. The summed E-state index contributed by atoms with van der Waals surface area (Å²) in [5.41, 5.74) is 1.86. The molecule has 3 heterocycles. The van der Waals surface area contributed by atoms with Crippen LogP contribution >= 0.6 is 11.3 Å². The van der Waals surface area contributed by atoms with Crippen molar-refractivity contribution in [3.63, 3.8) is 0 Å². The fraction of sp³-hybridized carbons (Fsp3) is 0.160.